The topological polar surface area (TPSA) is 73.2 Å². The average molecular weight is 415 g/mol. The van der Waals surface area contributed by atoms with Crippen LogP contribution in [0.2, 0.25) is 5.02 Å². The van der Waals surface area contributed by atoms with Gasteiger partial charge in [0.25, 0.3) is 0 Å². The first kappa shape index (κ1) is 18.1. The van der Waals surface area contributed by atoms with Gasteiger partial charge in [-0.3, -0.25) is 4.79 Å². The first-order valence-electron chi connectivity index (χ1n) is 9.44. The molecule has 1 saturated heterocycles. The molecule has 0 unspecified atom stereocenters. The molecule has 0 atom stereocenters. The second kappa shape index (κ2) is 7.50. The van der Waals surface area contributed by atoms with Gasteiger partial charge in [-0.1, -0.05) is 11.6 Å². The predicted octanol–water partition coefficient (Wildman–Crippen LogP) is 3.80. The fourth-order valence-corrected chi connectivity index (χ4v) is 3.74. The summed E-state index contributed by atoms with van der Waals surface area (Å²) >= 11 is 6.27. The van der Waals surface area contributed by atoms with Crippen LogP contribution in [-0.4, -0.2) is 39.5 Å². The number of morpholine rings is 1. The number of nitrogens with zero attached hydrogens (tertiary/aromatic N) is 1. The fraction of sp³-hybridized carbons (Fsp3) is 0.286. The Morgan fingerprint density at radius 3 is 2.55 bits per heavy atom. The Bertz CT molecular complexity index is 1120. The predicted molar refractivity (Wildman–Crippen MR) is 111 cm³/mol. The highest BCUT2D eigenvalue weighted by atomic mass is 35.5. The van der Waals surface area contributed by atoms with Crippen molar-refractivity contribution in [1.29, 1.82) is 0 Å². The minimum atomic E-state index is -0.138. The van der Waals surface area contributed by atoms with Crippen LogP contribution in [0.3, 0.4) is 0 Å². The van der Waals surface area contributed by atoms with E-state index in [4.69, 9.17) is 30.2 Å². The summed E-state index contributed by atoms with van der Waals surface area (Å²) in [5, 5.41) is 4.17. The van der Waals surface area contributed by atoms with Crippen molar-refractivity contribution in [3.8, 4) is 11.5 Å². The number of anilines is 3. The Morgan fingerprint density at radius 1 is 0.931 bits per heavy atom. The van der Waals surface area contributed by atoms with Crippen molar-refractivity contribution in [1.82, 2.24) is 0 Å². The summed E-state index contributed by atoms with van der Waals surface area (Å²) in [5.41, 5.74) is 1.70. The van der Waals surface area contributed by atoms with Crippen LogP contribution >= 0.6 is 11.6 Å². The van der Waals surface area contributed by atoms with Gasteiger partial charge in [0.2, 0.25) is 0 Å². The van der Waals surface area contributed by atoms with Crippen molar-refractivity contribution in [2.45, 2.75) is 0 Å². The van der Waals surface area contributed by atoms with E-state index in [1.165, 1.54) is 6.07 Å². The van der Waals surface area contributed by atoms with Crippen molar-refractivity contribution < 1.29 is 18.6 Å². The number of benzene rings is 2. The molecule has 1 aromatic heterocycles. The molecule has 1 fully saturated rings. The molecule has 150 valence electrons. The zero-order chi connectivity index (χ0) is 19.8. The van der Waals surface area contributed by atoms with Crippen molar-refractivity contribution in [2.75, 3.05) is 49.7 Å². The summed E-state index contributed by atoms with van der Waals surface area (Å²) in [4.78, 5) is 14.8. The van der Waals surface area contributed by atoms with Gasteiger partial charge < -0.3 is 28.8 Å². The molecule has 0 bridgehead atoms. The molecule has 1 N–H and O–H groups in total. The number of rotatable bonds is 3. The van der Waals surface area contributed by atoms with Gasteiger partial charge in [0.05, 0.1) is 24.3 Å². The summed E-state index contributed by atoms with van der Waals surface area (Å²) in [5.74, 6) is 1.90. The van der Waals surface area contributed by atoms with Crippen molar-refractivity contribution in [2.24, 2.45) is 0 Å². The third-order valence-electron chi connectivity index (χ3n) is 4.92. The summed E-state index contributed by atoms with van der Waals surface area (Å²) < 4.78 is 22.8. The minimum Gasteiger partial charge on any atom is -0.486 e. The van der Waals surface area contributed by atoms with Crippen molar-refractivity contribution in [3.63, 3.8) is 0 Å². The average Bonchev–Trinajstić information content (AvgIpc) is 2.75. The molecule has 0 amide bonds. The highest BCUT2D eigenvalue weighted by Gasteiger charge is 2.18. The van der Waals surface area contributed by atoms with E-state index >= 15 is 0 Å². The van der Waals surface area contributed by atoms with Crippen LogP contribution in [0.5, 0.6) is 11.5 Å². The molecule has 29 heavy (non-hydrogen) atoms. The second-order valence-corrected chi connectivity index (χ2v) is 7.30. The van der Waals surface area contributed by atoms with Crippen LogP contribution in [0.15, 0.2) is 45.6 Å². The molecule has 2 aliphatic heterocycles. The zero-order valence-electron chi connectivity index (χ0n) is 15.6. The molecule has 0 aliphatic carbocycles. The Hall–Kier alpha value is -2.90. The SMILES string of the molecule is O=c1cc(N2CCOCC2)oc2c(Nc3ccc4c(c3)OCCO4)cc(Cl)cc12. The largest absolute Gasteiger partial charge is 0.486 e. The smallest absolute Gasteiger partial charge is 0.200 e. The second-order valence-electron chi connectivity index (χ2n) is 6.86. The number of hydrogen-bond donors (Lipinski definition) is 1. The Kier molecular flexibility index (Phi) is 4.69. The molecule has 7 nitrogen and oxygen atoms in total. The number of halogens is 1. The molecule has 5 rings (SSSR count). The first-order chi connectivity index (χ1) is 14.2. The maximum absolute atomic E-state index is 12.7. The molecule has 2 aliphatic rings. The van der Waals surface area contributed by atoms with Gasteiger partial charge in [-0.25, -0.2) is 0 Å². The summed E-state index contributed by atoms with van der Waals surface area (Å²) in [6.07, 6.45) is 0. The number of ether oxygens (including phenoxy) is 3. The lowest BCUT2D eigenvalue weighted by atomic mass is 10.2. The van der Waals surface area contributed by atoms with Crippen molar-refractivity contribution in [3.05, 3.63) is 51.6 Å². The third-order valence-corrected chi connectivity index (χ3v) is 5.14. The maximum Gasteiger partial charge on any atom is 0.200 e. The molecule has 0 spiro atoms. The highest BCUT2D eigenvalue weighted by Crippen LogP contribution is 2.36. The van der Waals surface area contributed by atoms with E-state index in [-0.39, 0.29) is 5.43 Å². The Labute approximate surface area is 171 Å². The maximum atomic E-state index is 12.7. The van der Waals surface area contributed by atoms with Crippen LogP contribution < -0.4 is 25.1 Å². The van der Waals surface area contributed by atoms with Crippen LogP contribution in [0.4, 0.5) is 17.3 Å². The monoisotopic (exact) mass is 414 g/mol. The van der Waals surface area contributed by atoms with E-state index in [0.29, 0.717) is 78.6 Å². The van der Waals surface area contributed by atoms with Gasteiger partial charge in [-0.05, 0) is 24.3 Å². The summed E-state index contributed by atoms with van der Waals surface area (Å²) in [6, 6.07) is 10.5. The molecule has 0 saturated carbocycles. The molecule has 3 aromatic rings. The van der Waals surface area contributed by atoms with Gasteiger partial charge in [-0.15, -0.1) is 0 Å². The summed E-state index contributed by atoms with van der Waals surface area (Å²) in [7, 11) is 0. The van der Waals surface area contributed by atoms with Crippen LogP contribution in [0.1, 0.15) is 0 Å². The fourth-order valence-electron chi connectivity index (χ4n) is 3.52. The quantitative estimate of drug-likeness (QED) is 0.698. The number of hydrogen-bond acceptors (Lipinski definition) is 7. The lowest BCUT2D eigenvalue weighted by Crippen LogP contribution is -2.36. The van der Waals surface area contributed by atoms with Gasteiger partial charge in [0, 0.05) is 35.9 Å². The van der Waals surface area contributed by atoms with Gasteiger partial charge in [0.15, 0.2) is 28.4 Å². The zero-order valence-corrected chi connectivity index (χ0v) is 16.3. The Morgan fingerprint density at radius 2 is 1.72 bits per heavy atom. The molecular weight excluding hydrogens is 396 g/mol. The highest BCUT2D eigenvalue weighted by molar-refractivity contribution is 6.31. The van der Waals surface area contributed by atoms with E-state index < -0.39 is 0 Å². The van der Waals surface area contributed by atoms with E-state index in [9.17, 15) is 4.79 Å². The molecule has 0 radical (unpaired) electrons. The van der Waals surface area contributed by atoms with Gasteiger partial charge in [0.1, 0.15) is 13.2 Å². The first-order valence-corrected chi connectivity index (χ1v) is 9.82. The minimum absolute atomic E-state index is 0.138. The number of nitrogens with one attached hydrogen (secondary N) is 1. The van der Waals surface area contributed by atoms with E-state index in [0.717, 1.165) is 5.69 Å². The lowest BCUT2D eigenvalue weighted by Gasteiger charge is -2.27. The lowest BCUT2D eigenvalue weighted by molar-refractivity contribution is 0.121. The number of fused-ring (bicyclic) bond motifs is 2. The Balaban J connectivity index is 1.57. The summed E-state index contributed by atoms with van der Waals surface area (Å²) in [6.45, 7) is 3.60. The van der Waals surface area contributed by atoms with E-state index in [1.807, 2.05) is 23.1 Å². The molecule has 2 aromatic carbocycles. The van der Waals surface area contributed by atoms with Gasteiger partial charge >= 0.3 is 0 Å². The van der Waals surface area contributed by atoms with Crippen LogP contribution in [0.25, 0.3) is 11.0 Å². The standard InChI is InChI=1S/C21H19ClN2O5/c22-13-9-15-17(25)12-20(24-3-5-26-6-4-24)29-21(15)16(10-13)23-14-1-2-18-19(11-14)28-8-7-27-18/h1-2,9-12,23H,3-8H2. The van der Waals surface area contributed by atoms with Crippen molar-refractivity contribution >= 4 is 39.8 Å². The van der Waals surface area contributed by atoms with E-state index in [2.05, 4.69) is 5.32 Å². The van der Waals surface area contributed by atoms with E-state index in [1.54, 1.807) is 12.1 Å². The van der Waals surface area contributed by atoms with Gasteiger partial charge in [-0.2, -0.15) is 0 Å². The van der Waals surface area contributed by atoms with Crippen LogP contribution in [0, 0.1) is 0 Å². The third kappa shape index (κ3) is 3.59. The molecule has 8 heteroatoms. The molecule has 3 heterocycles. The normalized spacial score (nSPS) is 16.1. The van der Waals surface area contributed by atoms with Crippen LogP contribution in [-0.2, 0) is 4.74 Å². The molecular formula is C21H19ClN2O5.